The van der Waals surface area contributed by atoms with E-state index in [1.165, 1.54) is 4.90 Å². The fourth-order valence-electron chi connectivity index (χ4n) is 2.54. The molecule has 1 aliphatic rings. The third-order valence-corrected chi connectivity index (χ3v) is 3.75. The van der Waals surface area contributed by atoms with E-state index in [-0.39, 0.29) is 12.3 Å². The molecule has 2 rings (SSSR count). The average Bonchev–Trinajstić information content (AvgIpc) is 2.84. The maximum absolute atomic E-state index is 12.2. The Morgan fingerprint density at radius 2 is 2.16 bits per heavy atom. The molecule has 0 aromatic heterocycles. The molecule has 0 bridgehead atoms. The molecule has 1 aromatic carbocycles. The van der Waals surface area contributed by atoms with E-state index in [1.807, 2.05) is 0 Å². The quantitative estimate of drug-likeness (QED) is 0.904. The molecular formula is C15H18N2O2. The molecule has 1 aliphatic carbocycles. The Hall–Kier alpha value is -1.86. The molecule has 4 heteroatoms. The molecule has 0 unspecified atom stereocenters. The van der Waals surface area contributed by atoms with E-state index in [2.05, 4.69) is 6.07 Å². The first-order valence-electron chi connectivity index (χ1n) is 6.53. The van der Waals surface area contributed by atoms with E-state index in [0.29, 0.717) is 24.1 Å². The van der Waals surface area contributed by atoms with Crippen LogP contribution in [-0.2, 0) is 4.79 Å². The third-order valence-electron chi connectivity index (χ3n) is 3.75. The van der Waals surface area contributed by atoms with Crippen LogP contribution in [0.3, 0.4) is 0 Å². The molecule has 1 fully saturated rings. The summed E-state index contributed by atoms with van der Waals surface area (Å²) in [6.45, 7) is 0. The van der Waals surface area contributed by atoms with Gasteiger partial charge in [0.05, 0.1) is 23.7 Å². The normalized spacial score (nSPS) is 16.9. The van der Waals surface area contributed by atoms with Gasteiger partial charge in [-0.1, -0.05) is 18.9 Å². The molecular weight excluding hydrogens is 240 g/mol. The summed E-state index contributed by atoms with van der Waals surface area (Å²) in [5.74, 6) is -0.112. The first kappa shape index (κ1) is 13.6. The summed E-state index contributed by atoms with van der Waals surface area (Å²) in [7, 11) is 1.68. The van der Waals surface area contributed by atoms with E-state index in [4.69, 9.17) is 5.26 Å². The predicted octanol–water partition coefficient (Wildman–Crippen LogP) is 2.22. The van der Waals surface area contributed by atoms with Gasteiger partial charge < -0.3 is 10.0 Å². The van der Waals surface area contributed by atoms with Crippen LogP contribution in [0.2, 0.25) is 0 Å². The van der Waals surface area contributed by atoms with Crippen LogP contribution in [0.1, 0.15) is 37.7 Å². The van der Waals surface area contributed by atoms with Crippen LogP contribution < -0.4 is 4.90 Å². The van der Waals surface area contributed by atoms with Gasteiger partial charge in [-0.25, -0.2) is 0 Å². The maximum Gasteiger partial charge on any atom is 0.229 e. The summed E-state index contributed by atoms with van der Waals surface area (Å²) in [5.41, 5.74) is 0.375. The second-order valence-electron chi connectivity index (χ2n) is 5.22. The summed E-state index contributed by atoms with van der Waals surface area (Å²) in [4.78, 5) is 13.7. The first-order valence-corrected chi connectivity index (χ1v) is 6.53. The lowest BCUT2D eigenvalue weighted by molar-refractivity contribution is -0.123. The van der Waals surface area contributed by atoms with Gasteiger partial charge in [0.2, 0.25) is 5.91 Å². The number of nitrogens with zero attached hydrogens (tertiary/aromatic N) is 2. The second-order valence-corrected chi connectivity index (χ2v) is 5.22. The van der Waals surface area contributed by atoms with Crippen molar-refractivity contribution in [3.8, 4) is 6.07 Å². The number of carbonyl (C=O) groups is 1. The van der Waals surface area contributed by atoms with E-state index < -0.39 is 5.60 Å². The molecule has 0 aliphatic heterocycles. The van der Waals surface area contributed by atoms with E-state index in [1.54, 1.807) is 31.3 Å². The van der Waals surface area contributed by atoms with Gasteiger partial charge in [0.1, 0.15) is 0 Å². The van der Waals surface area contributed by atoms with E-state index in [0.717, 1.165) is 12.8 Å². The van der Waals surface area contributed by atoms with Crippen LogP contribution in [0.5, 0.6) is 0 Å². The van der Waals surface area contributed by atoms with Crippen LogP contribution in [0.25, 0.3) is 0 Å². The standard InChI is InChI=1S/C15H18N2O2/c1-17(13-6-4-5-12(9-13)11-16)14(18)10-15(19)7-2-3-8-15/h4-6,9,19H,2-3,7-8,10H2,1H3. The molecule has 0 heterocycles. The van der Waals surface area contributed by atoms with Crippen molar-refractivity contribution >= 4 is 11.6 Å². The number of benzene rings is 1. The number of hydrogen-bond acceptors (Lipinski definition) is 3. The zero-order chi connectivity index (χ0) is 13.9. The van der Waals surface area contributed by atoms with Crippen molar-refractivity contribution in [1.29, 1.82) is 5.26 Å². The van der Waals surface area contributed by atoms with Crippen molar-refractivity contribution in [3.63, 3.8) is 0 Å². The molecule has 0 saturated heterocycles. The molecule has 1 N–H and O–H groups in total. The lowest BCUT2D eigenvalue weighted by atomic mass is 9.97. The fraction of sp³-hybridized carbons (Fsp3) is 0.467. The van der Waals surface area contributed by atoms with Crippen LogP contribution in [0.4, 0.5) is 5.69 Å². The Kier molecular flexibility index (Phi) is 3.87. The van der Waals surface area contributed by atoms with Gasteiger partial charge in [0, 0.05) is 12.7 Å². The van der Waals surface area contributed by atoms with Crippen molar-refractivity contribution in [1.82, 2.24) is 0 Å². The minimum atomic E-state index is -0.835. The van der Waals surface area contributed by atoms with E-state index >= 15 is 0 Å². The zero-order valence-corrected chi connectivity index (χ0v) is 11.1. The summed E-state index contributed by atoms with van der Waals surface area (Å²) in [5, 5.41) is 19.1. The average molecular weight is 258 g/mol. The summed E-state index contributed by atoms with van der Waals surface area (Å²) in [6.07, 6.45) is 3.52. The lowest BCUT2D eigenvalue weighted by Crippen LogP contribution is -2.35. The smallest absolute Gasteiger partial charge is 0.229 e. The van der Waals surface area contributed by atoms with Gasteiger partial charge in [-0.3, -0.25) is 4.79 Å². The number of nitriles is 1. The number of hydrogen-bond donors (Lipinski definition) is 1. The first-order chi connectivity index (χ1) is 9.04. The second kappa shape index (κ2) is 5.41. The monoisotopic (exact) mass is 258 g/mol. The Balaban J connectivity index is 2.08. The maximum atomic E-state index is 12.2. The number of anilines is 1. The van der Waals surface area contributed by atoms with Crippen molar-refractivity contribution in [3.05, 3.63) is 29.8 Å². The van der Waals surface area contributed by atoms with Crippen molar-refractivity contribution < 1.29 is 9.90 Å². The highest BCUT2D eigenvalue weighted by Gasteiger charge is 2.34. The highest BCUT2D eigenvalue weighted by Crippen LogP contribution is 2.33. The van der Waals surface area contributed by atoms with Gasteiger partial charge in [-0.2, -0.15) is 5.26 Å². The topological polar surface area (TPSA) is 64.3 Å². The molecule has 0 spiro atoms. The molecule has 4 nitrogen and oxygen atoms in total. The highest BCUT2D eigenvalue weighted by molar-refractivity contribution is 5.93. The van der Waals surface area contributed by atoms with Crippen LogP contribution in [-0.4, -0.2) is 23.7 Å². The van der Waals surface area contributed by atoms with Crippen LogP contribution in [0.15, 0.2) is 24.3 Å². The minimum Gasteiger partial charge on any atom is -0.389 e. The van der Waals surface area contributed by atoms with Gasteiger partial charge in [0.25, 0.3) is 0 Å². The summed E-state index contributed by atoms with van der Waals surface area (Å²) in [6, 6.07) is 8.97. The third kappa shape index (κ3) is 3.12. The lowest BCUT2D eigenvalue weighted by Gasteiger charge is -2.25. The Morgan fingerprint density at radius 1 is 1.47 bits per heavy atom. The highest BCUT2D eigenvalue weighted by atomic mass is 16.3. The van der Waals surface area contributed by atoms with Crippen molar-refractivity contribution in [2.45, 2.75) is 37.7 Å². The van der Waals surface area contributed by atoms with E-state index in [9.17, 15) is 9.90 Å². The number of amides is 1. The molecule has 0 atom stereocenters. The summed E-state index contributed by atoms with van der Waals surface area (Å²) < 4.78 is 0. The van der Waals surface area contributed by atoms with Crippen LogP contribution in [0, 0.1) is 11.3 Å². The van der Waals surface area contributed by atoms with Crippen molar-refractivity contribution in [2.75, 3.05) is 11.9 Å². The Morgan fingerprint density at radius 3 is 2.79 bits per heavy atom. The van der Waals surface area contributed by atoms with Gasteiger partial charge >= 0.3 is 0 Å². The minimum absolute atomic E-state index is 0.112. The number of aliphatic hydroxyl groups is 1. The summed E-state index contributed by atoms with van der Waals surface area (Å²) >= 11 is 0. The van der Waals surface area contributed by atoms with Crippen LogP contribution >= 0.6 is 0 Å². The number of carbonyl (C=O) groups excluding carboxylic acids is 1. The SMILES string of the molecule is CN(C(=O)CC1(O)CCCC1)c1cccc(C#N)c1. The van der Waals surface area contributed by atoms with Gasteiger partial charge in [-0.15, -0.1) is 0 Å². The Bertz CT molecular complexity index is 513. The molecule has 1 saturated carbocycles. The largest absolute Gasteiger partial charge is 0.389 e. The molecule has 1 amide bonds. The predicted molar refractivity (Wildman–Crippen MR) is 72.6 cm³/mol. The molecule has 0 radical (unpaired) electrons. The molecule has 1 aromatic rings. The van der Waals surface area contributed by atoms with Gasteiger partial charge in [0.15, 0.2) is 0 Å². The zero-order valence-electron chi connectivity index (χ0n) is 11.1. The fourth-order valence-corrected chi connectivity index (χ4v) is 2.54. The van der Waals surface area contributed by atoms with Crippen molar-refractivity contribution in [2.24, 2.45) is 0 Å². The number of rotatable bonds is 3. The van der Waals surface area contributed by atoms with Gasteiger partial charge in [-0.05, 0) is 31.0 Å². The molecule has 19 heavy (non-hydrogen) atoms. The molecule has 100 valence electrons. The Labute approximate surface area is 113 Å².